The number of hydrogen-bond donors (Lipinski definition) is 2. The fraction of sp³-hybridized carbons (Fsp3) is 0.188. The van der Waals surface area contributed by atoms with Crippen molar-refractivity contribution in [1.29, 1.82) is 5.26 Å². The van der Waals surface area contributed by atoms with Crippen molar-refractivity contribution in [3.63, 3.8) is 0 Å². The van der Waals surface area contributed by atoms with Crippen LogP contribution in [0.1, 0.15) is 19.4 Å². The van der Waals surface area contributed by atoms with Crippen LogP contribution in [0.4, 0.5) is 21.5 Å². The summed E-state index contributed by atoms with van der Waals surface area (Å²) in [5.74, 6) is 0.182. The second-order valence-corrected chi connectivity index (χ2v) is 4.88. The zero-order valence-corrected chi connectivity index (χ0v) is 11.9. The number of nitrogen functional groups attached to an aromatic ring is 1. The smallest absolute Gasteiger partial charge is 0.124 e. The molecule has 0 spiro atoms. The van der Waals surface area contributed by atoms with Gasteiger partial charge < -0.3 is 15.8 Å². The van der Waals surface area contributed by atoms with Crippen LogP contribution in [0, 0.1) is 17.1 Å². The van der Waals surface area contributed by atoms with E-state index < -0.39 is 5.82 Å². The molecule has 4 nitrogen and oxygen atoms in total. The number of rotatable bonds is 4. The van der Waals surface area contributed by atoms with E-state index in [2.05, 4.69) is 5.32 Å². The fourth-order valence-corrected chi connectivity index (χ4v) is 1.91. The molecule has 0 aliphatic rings. The van der Waals surface area contributed by atoms with E-state index in [1.807, 2.05) is 19.9 Å². The van der Waals surface area contributed by atoms with Crippen LogP contribution < -0.4 is 15.8 Å². The van der Waals surface area contributed by atoms with Gasteiger partial charge in [0.25, 0.3) is 0 Å². The molecule has 0 heterocycles. The largest absolute Gasteiger partial charge is 0.491 e. The van der Waals surface area contributed by atoms with Crippen LogP contribution in [-0.2, 0) is 0 Å². The SMILES string of the molecule is CC(C)Oc1cc(N)cc(Nc2ccc(F)cc2C#N)c1. The molecule has 0 bridgehead atoms. The Labute approximate surface area is 123 Å². The number of ether oxygens (including phenoxy) is 1. The highest BCUT2D eigenvalue weighted by molar-refractivity contribution is 5.70. The zero-order chi connectivity index (χ0) is 15.4. The number of halogens is 1. The van der Waals surface area contributed by atoms with E-state index in [0.29, 0.717) is 22.8 Å². The normalized spacial score (nSPS) is 10.2. The Hall–Kier alpha value is -2.74. The molecule has 0 radical (unpaired) electrons. The second-order valence-electron chi connectivity index (χ2n) is 4.88. The molecular formula is C16H16FN3O. The first-order chi connectivity index (χ1) is 9.97. The van der Waals surface area contributed by atoms with Gasteiger partial charge in [0, 0.05) is 23.5 Å². The van der Waals surface area contributed by atoms with Gasteiger partial charge >= 0.3 is 0 Å². The Morgan fingerprint density at radius 3 is 2.67 bits per heavy atom. The molecule has 3 N–H and O–H groups in total. The van der Waals surface area contributed by atoms with E-state index in [1.165, 1.54) is 18.2 Å². The first-order valence-electron chi connectivity index (χ1n) is 6.52. The van der Waals surface area contributed by atoms with Crippen LogP contribution in [-0.4, -0.2) is 6.10 Å². The third-order valence-electron chi connectivity index (χ3n) is 2.68. The Balaban J connectivity index is 2.31. The highest BCUT2D eigenvalue weighted by atomic mass is 19.1. The van der Waals surface area contributed by atoms with Crippen molar-refractivity contribution in [1.82, 2.24) is 0 Å². The standard InChI is InChI=1S/C16H16FN3O/c1-10(2)21-15-7-13(19)6-14(8-15)20-16-4-3-12(17)5-11(16)9-18/h3-8,10,20H,19H2,1-2H3. The summed E-state index contributed by atoms with van der Waals surface area (Å²) in [6, 6.07) is 11.2. The lowest BCUT2D eigenvalue weighted by Gasteiger charge is -2.14. The van der Waals surface area contributed by atoms with Gasteiger partial charge in [-0.25, -0.2) is 4.39 Å². The van der Waals surface area contributed by atoms with Crippen LogP contribution >= 0.6 is 0 Å². The summed E-state index contributed by atoms with van der Waals surface area (Å²) in [5.41, 5.74) is 7.79. The van der Waals surface area contributed by atoms with Crippen LogP contribution in [0.5, 0.6) is 5.75 Å². The fourth-order valence-electron chi connectivity index (χ4n) is 1.91. The predicted molar refractivity (Wildman–Crippen MR) is 81.0 cm³/mol. The molecule has 108 valence electrons. The number of nitrogens with zero attached hydrogens (tertiary/aromatic N) is 1. The molecule has 0 unspecified atom stereocenters. The molecule has 0 aliphatic carbocycles. The van der Waals surface area contributed by atoms with Gasteiger partial charge in [-0.2, -0.15) is 5.26 Å². The summed E-state index contributed by atoms with van der Waals surface area (Å²) < 4.78 is 18.7. The lowest BCUT2D eigenvalue weighted by molar-refractivity contribution is 0.242. The van der Waals surface area contributed by atoms with Gasteiger partial charge in [0.1, 0.15) is 17.6 Å². The molecule has 2 rings (SSSR count). The zero-order valence-electron chi connectivity index (χ0n) is 11.9. The molecule has 0 saturated heterocycles. The third kappa shape index (κ3) is 3.86. The maximum Gasteiger partial charge on any atom is 0.124 e. The van der Waals surface area contributed by atoms with Gasteiger partial charge in [-0.1, -0.05) is 0 Å². The number of nitrogens with two attached hydrogens (primary N) is 1. The topological polar surface area (TPSA) is 71.1 Å². The summed E-state index contributed by atoms with van der Waals surface area (Å²) in [6.07, 6.45) is 0.0279. The maximum absolute atomic E-state index is 13.1. The lowest BCUT2D eigenvalue weighted by Crippen LogP contribution is -2.06. The van der Waals surface area contributed by atoms with Gasteiger partial charge in [0.05, 0.1) is 17.4 Å². The lowest BCUT2D eigenvalue weighted by atomic mass is 10.1. The Kier molecular flexibility index (Phi) is 4.29. The van der Waals surface area contributed by atoms with Gasteiger partial charge in [-0.3, -0.25) is 0 Å². The molecule has 0 atom stereocenters. The van der Waals surface area contributed by atoms with E-state index in [4.69, 9.17) is 15.7 Å². The molecule has 0 saturated carbocycles. The van der Waals surface area contributed by atoms with E-state index in [9.17, 15) is 4.39 Å². The van der Waals surface area contributed by atoms with Gasteiger partial charge in [-0.15, -0.1) is 0 Å². The predicted octanol–water partition coefficient (Wildman–Crippen LogP) is 3.81. The second kappa shape index (κ2) is 6.14. The Bertz CT molecular complexity index is 692. The van der Waals surface area contributed by atoms with Crippen molar-refractivity contribution in [2.24, 2.45) is 0 Å². The Morgan fingerprint density at radius 2 is 2.00 bits per heavy atom. The highest BCUT2D eigenvalue weighted by Gasteiger charge is 2.07. The maximum atomic E-state index is 13.1. The average Bonchev–Trinajstić information content (AvgIpc) is 2.39. The van der Waals surface area contributed by atoms with Crippen LogP contribution in [0.25, 0.3) is 0 Å². The van der Waals surface area contributed by atoms with Crippen molar-refractivity contribution < 1.29 is 9.13 Å². The first-order valence-corrected chi connectivity index (χ1v) is 6.52. The van der Waals surface area contributed by atoms with Crippen LogP contribution in [0.15, 0.2) is 36.4 Å². The molecule has 21 heavy (non-hydrogen) atoms. The monoisotopic (exact) mass is 285 g/mol. The summed E-state index contributed by atoms with van der Waals surface area (Å²) in [6.45, 7) is 3.84. The highest BCUT2D eigenvalue weighted by Crippen LogP contribution is 2.27. The van der Waals surface area contributed by atoms with Crippen LogP contribution in [0.3, 0.4) is 0 Å². The summed E-state index contributed by atoms with van der Waals surface area (Å²) in [5, 5.41) is 12.1. The molecule has 2 aromatic rings. The minimum Gasteiger partial charge on any atom is -0.491 e. The van der Waals surface area contributed by atoms with Crippen molar-refractivity contribution >= 4 is 17.1 Å². The van der Waals surface area contributed by atoms with Gasteiger partial charge in [0.2, 0.25) is 0 Å². The van der Waals surface area contributed by atoms with E-state index >= 15 is 0 Å². The molecular weight excluding hydrogens is 269 g/mol. The van der Waals surface area contributed by atoms with E-state index in [-0.39, 0.29) is 11.7 Å². The molecule has 0 aromatic heterocycles. The van der Waals surface area contributed by atoms with Gasteiger partial charge in [0.15, 0.2) is 0 Å². The third-order valence-corrected chi connectivity index (χ3v) is 2.68. The number of nitrogens with one attached hydrogen (secondary N) is 1. The summed E-state index contributed by atoms with van der Waals surface area (Å²) in [7, 11) is 0. The number of benzene rings is 2. The van der Waals surface area contributed by atoms with Crippen LogP contribution in [0.2, 0.25) is 0 Å². The summed E-state index contributed by atoms with van der Waals surface area (Å²) in [4.78, 5) is 0. The quantitative estimate of drug-likeness (QED) is 0.838. The van der Waals surface area contributed by atoms with Crippen molar-refractivity contribution in [3.05, 3.63) is 47.8 Å². The molecule has 0 amide bonds. The van der Waals surface area contributed by atoms with E-state index in [0.717, 1.165) is 0 Å². The average molecular weight is 285 g/mol. The molecule has 5 heteroatoms. The van der Waals surface area contributed by atoms with Crippen molar-refractivity contribution in [2.75, 3.05) is 11.1 Å². The molecule has 0 aliphatic heterocycles. The Morgan fingerprint density at radius 1 is 1.24 bits per heavy atom. The number of hydrogen-bond acceptors (Lipinski definition) is 4. The first kappa shape index (κ1) is 14.7. The van der Waals surface area contributed by atoms with Crippen molar-refractivity contribution in [2.45, 2.75) is 20.0 Å². The minimum absolute atomic E-state index is 0.0279. The number of anilines is 3. The minimum atomic E-state index is -0.450. The van der Waals surface area contributed by atoms with Gasteiger partial charge in [-0.05, 0) is 38.1 Å². The number of nitriles is 1. The summed E-state index contributed by atoms with van der Waals surface area (Å²) >= 11 is 0. The van der Waals surface area contributed by atoms with E-state index in [1.54, 1.807) is 18.2 Å². The van der Waals surface area contributed by atoms with Crippen molar-refractivity contribution in [3.8, 4) is 11.8 Å². The molecule has 2 aromatic carbocycles. The molecule has 0 fully saturated rings.